The predicted octanol–water partition coefficient (Wildman–Crippen LogP) is 4.57. The SMILES string of the molecule is CCCCc1ccccc1N=CCc1cccc(C(C)=O)n1. The van der Waals surface area contributed by atoms with Crippen LogP contribution in [0.25, 0.3) is 0 Å². The van der Waals surface area contributed by atoms with Crippen LogP contribution in [0, 0.1) is 0 Å². The zero-order valence-electron chi connectivity index (χ0n) is 13.2. The van der Waals surface area contributed by atoms with Crippen LogP contribution in [0.5, 0.6) is 0 Å². The quantitative estimate of drug-likeness (QED) is 0.554. The van der Waals surface area contributed by atoms with E-state index in [2.05, 4.69) is 29.0 Å². The summed E-state index contributed by atoms with van der Waals surface area (Å²) in [6, 6.07) is 13.8. The summed E-state index contributed by atoms with van der Waals surface area (Å²) in [6.45, 7) is 3.73. The Labute approximate surface area is 132 Å². The number of unbranched alkanes of at least 4 members (excludes halogenated alkanes) is 1. The minimum atomic E-state index is -0.0105. The minimum absolute atomic E-state index is 0.0105. The van der Waals surface area contributed by atoms with Crippen molar-refractivity contribution in [1.82, 2.24) is 4.98 Å². The zero-order valence-corrected chi connectivity index (χ0v) is 13.2. The number of nitrogens with zero attached hydrogens (tertiary/aromatic N) is 2. The molecule has 1 aromatic heterocycles. The number of Topliss-reactive ketones (excluding diaryl/α,β-unsaturated/α-hetero) is 1. The molecule has 22 heavy (non-hydrogen) atoms. The number of hydrogen-bond donors (Lipinski definition) is 0. The van der Waals surface area contributed by atoms with Gasteiger partial charge in [-0.2, -0.15) is 0 Å². The van der Waals surface area contributed by atoms with Gasteiger partial charge in [-0.05, 0) is 36.6 Å². The van der Waals surface area contributed by atoms with E-state index in [4.69, 9.17) is 0 Å². The van der Waals surface area contributed by atoms with Crippen LogP contribution in [-0.2, 0) is 12.8 Å². The highest BCUT2D eigenvalue weighted by molar-refractivity contribution is 5.92. The Morgan fingerprint density at radius 1 is 1.18 bits per heavy atom. The van der Waals surface area contributed by atoms with Crippen LogP contribution in [0.3, 0.4) is 0 Å². The van der Waals surface area contributed by atoms with Crippen LogP contribution < -0.4 is 0 Å². The molecule has 0 atom stereocenters. The van der Waals surface area contributed by atoms with Crippen LogP contribution in [0.1, 0.15) is 48.4 Å². The summed E-state index contributed by atoms with van der Waals surface area (Å²) in [6.07, 6.45) is 5.91. The molecule has 0 bridgehead atoms. The van der Waals surface area contributed by atoms with E-state index in [-0.39, 0.29) is 5.78 Å². The highest BCUT2D eigenvalue weighted by atomic mass is 16.1. The molecule has 0 aliphatic heterocycles. The van der Waals surface area contributed by atoms with Crippen LogP contribution in [0.4, 0.5) is 5.69 Å². The van der Waals surface area contributed by atoms with E-state index in [1.165, 1.54) is 25.3 Å². The van der Waals surface area contributed by atoms with Gasteiger partial charge in [0.2, 0.25) is 0 Å². The van der Waals surface area contributed by atoms with Gasteiger partial charge < -0.3 is 0 Å². The van der Waals surface area contributed by atoms with E-state index in [0.717, 1.165) is 17.8 Å². The molecule has 3 nitrogen and oxygen atoms in total. The Balaban J connectivity index is 2.06. The number of ketones is 1. The van der Waals surface area contributed by atoms with E-state index in [1.807, 2.05) is 30.5 Å². The van der Waals surface area contributed by atoms with Gasteiger partial charge in [-0.3, -0.25) is 9.79 Å². The molecule has 0 aliphatic carbocycles. The molecule has 2 rings (SSSR count). The van der Waals surface area contributed by atoms with Crippen LogP contribution >= 0.6 is 0 Å². The molecule has 0 spiro atoms. The average Bonchev–Trinajstić information content (AvgIpc) is 2.54. The summed E-state index contributed by atoms with van der Waals surface area (Å²) in [7, 11) is 0. The molecule has 0 amide bonds. The topological polar surface area (TPSA) is 42.3 Å². The van der Waals surface area contributed by atoms with Crippen molar-refractivity contribution in [2.45, 2.75) is 39.5 Å². The third-order valence-corrected chi connectivity index (χ3v) is 3.49. The Morgan fingerprint density at radius 2 is 2.00 bits per heavy atom. The van der Waals surface area contributed by atoms with Gasteiger partial charge in [-0.25, -0.2) is 4.98 Å². The van der Waals surface area contributed by atoms with Gasteiger partial charge in [0.05, 0.1) is 5.69 Å². The first-order chi connectivity index (χ1) is 10.7. The van der Waals surface area contributed by atoms with Gasteiger partial charge in [0.1, 0.15) is 5.69 Å². The number of hydrogen-bond acceptors (Lipinski definition) is 3. The number of aromatic nitrogens is 1. The first-order valence-electron chi connectivity index (χ1n) is 7.78. The van der Waals surface area contributed by atoms with Crippen molar-refractivity contribution < 1.29 is 4.79 Å². The zero-order chi connectivity index (χ0) is 15.8. The summed E-state index contributed by atoms with van der Waals surface area (Å²) in [5.74, 6) is -0.0105. The summed E-state index contributed by atoms with van der Waals surface area (Å²) in [5, 5.41) is 0. The van der Waals surface area contributed by atoms with Crippen LogP contribution in [0.2, 0.25) is 0 Å². The second-order valence-electron chi connectivity index (χ2n) is 5.32. The first-order valence-corrected chi connectivity index (χ1v) is 7.78. The van der Waals surface area contributed by atoms with Crippen molar-refractivity contribution in [2.24, 2.45) is 4.99 Å². The monoisotopic (exact) mass is 294 g/mol. The standard InChI is InChI=1S/C19H22N2O/c1-3-4-8-16-9-5-6-11-19(16)20-14-13-17-10-7-12-18(21-17)15(2)22/h5-7,9-12,14H,3-4,8,13H2,1-2H3. The molecule has 0 fully saturated rings. The second-order valence-corrected chi connectivity index (χ2v) is 5.32. The normalized spacial score (nSPS) is 11.0. The molecule has 0 radical (unpaired) electrons. The van der Waals surface area contributed by atoms with Crippen molar-refractivity contribution in [1.29, 1.82) is 0 Å². The van der Waals surface area contributed by atoms with Gasteiger partial charge >= 0.3 is 0 Å². The summed E-state index contributed by atoms with van der Waals surface area (Å²) >= 11 is 0. The molecule has 0 unspecified atom stereocenters. The molecule has 0 aliphatic rings. The number of para-hydroxylation sites is 1. The highest BCUT2D eigenvalue weighted by Crippen LogP contribution is 2.20. The lowest BCUT2D eigenvalue weighted by Gasteiger charge is -2.04. The first kappa shape index (κ1) is 16.1. The van der Waals surface area contributed by atoms with Crippen molar-refractivity contribution in [3.8, 4) is 0 Å². The van der Waals surface area contributed by atoms with E-state index in [9.17, 15) is 4.79 Å². The number of carbonyl (C=O) groups excluding carboxylic acids is 1. The molecular weight excluding hydrogens is 272 g/mol. The van der Waals surface area contributed by atoms with Gasteiger partial charge in [0, 0.05) is 25.3 Å². The fourth-order valence-corrected chi connectivity index (χ4v) is 2.24. The third kappa shape index (κ3) is 4.62. The van der Waals surface area contributed by atoms with Crippen molar-refractivity contribution in [3.63, 3.8) is 0 Å². The third-order valence-electron chi connectivity index (χ3n) is 3.49. The number of pyridine rings is 1. The number of aryl methyl sites for hydroxylation is 1. The molecule has 1 heterocycles. The maximum Gasteiger partial charge on any atom is 0.178 e. The Kier molecular flexibility index (Phi) is 6.01. The lowest BCUT2D eigenvalue weighted by molar-refractivity contribution is 0.101. The number of aliphatic imine (C=N–C) groups is 1. The summed E-state index contributed by atoms with van der Waals surface area (Å²) in [4.78, 5) is 20.3. The van der Waals surface area contributed by atoms with E-state index in [1.54, 1.807) is 6.07 Å². The van der Waals surface area contributed by atoms with Gasteiger partial charge in [0.15, 0.2) is 5.78 Å². The molecule has 2 aromatic rings. The van der Waals surface area contributed by atoms with E-state index < -0.39 is 0 Å². The lowest BCUT2D eigenvalue weighted by atomic mass is 10.1. The van der Waals surface area contributed by atoms with Crippen molar-refractivity contribution in [3.05, 3.63) is 59.4 Å². The Morgan fingerprint density at radius 3 is 2.77 bits per heavy atom. The lowest BCUT2D eigenvalue weighted by Crippen LogP contribution is -2.00. The van der Waals surface area contributed by atoms with E-state index in [0.29, 0.717) is 12.1 Å². The molecule has 114 valence electrons. The minimum Gasteiger partial charge on any atom is -0.293 e. The maximum atomic E-state index is 11.3. The molecule has 0 saturated carbocycles. The number of benzene rings is 1. The highest BCUT2D eigenvalue weighted by Gasteiger charge is 2.02. The fraction of sp³-hybridized carbons (Fsp3) is 0.316. The van der Waals surface area contributed by atoms with Gasteiger partial charge in [-0.1, -0.05) is 37.6 Å². The summed E-state index contributed by atoms with van der Waals surface area (Å²) < 4.78 is 0. The largest absolute Gasteiger partial charge is 0.293 e. The predicted molar refractivity (Wildman–Crippen MR) is 91.2 cm³/mol. The second kappa shape index (κ2) is 8.23. The molecule has 1 aromatic carbocycles. The van der Waals surface area contributed by atoms with Gasteiger partial charge in [0.25, 0.3) is 0 Å². The fourth-order valence-electron chi connectivity index (χ4n) is 2.24. The van der Waals surface area contributed by atoms with Gasteiger partial charge in [-0.15, -0.1) is 0 Å². The molecule has 0 saturated heterocycles. The molecular formula is C19H22N2O. The van der Waals surface area contributed by atoms with Crippen molar-refractivity contribution >= 4 is 17.7 Å². The molecule has 3 heteroatoms. The van der Waals surface area contributed by atoms with Crippen molar-refractivity contribution in [2.75, 3.05) is 0 Å². The Hall–Kier alpha value is -2.29. The van der Waals surface area contributed by atoms with E-state index >= 15 is 0 Å². The number of rotatable bonds is 7. The van der Waals surface area contributed by atoms with Crippen LogP contribution in [-0.4, -0.2) is 17.0 Å². The van der Waals surface area contributed by atoms with Crippen LogP contribution in [0.15, 0.2) is 47.5 Å². The molecule has 0 N–H and O–H groups in total. The summed E-state index contributed by atoms with van der Waals surface area (Å²) in [5.41, 5.74) is 3.68. The maximum absolute atomic E-state index is 11.3. The Bertz CT molecular complexity index is 662. The smallest absolute Gasteiger partial charge is 0.178 e. The number of carbonyl (C=O) groups is 1. The average molecular weight is 294 g/mol.